The van der Waals surface area contributed by atoms with Crippen molar-refractivity contribution in [3.8, 4) is 10.9 Å². The number of hydrogen-bond donors (Lipinski definition) is 1. The molecule has 0 aliphatic carbocycles. The van der Waals surface area contributed by atoms with Gasteiger partial charge in [-0.1, -0.05) is 0 Å². The van der Waals surface area contributed by atoms with Crippen LogP contribution in [0.3, 0.4) is 0 Å². The number of rotatable bonds is 7. The molecule has 1 N–H and O–H groups in total. The summed E-state index contributed by atoms with van der Waals surface area (Å²) >= 11 is 0.964. The van der Waals surface area contributed by atoms with Gasteiger partial charge in [0.05, 0.1) is 24.6 Å². The molecular formula is C22H17FN6O5S. The van der Waals surface area contributed by atoms with Crippen molar-refractivity contribution < 1.29 is 23.8 Å². The Bertz CT molecular complexity index is 1500. The van der Waals surface area contributed by atoms with E-state index in [1.165, 1.54) is 24.2 Å². The Morgan fingerprint density at radius 2 is 2.09 bits per heavy atom. The average molecular weight is 496 g/mol. The van der Waals surface area contributed by atoms with Gasteiger partial charge in [-0.15, -0.1) is 0 Å². The van der Waals surface area contributed by atoms with E-state index in [0.29, 0.717) is 11.4 Å². The topological polar surface area (TPSA) is 140 Å². The fourth-order valence-electron chi connectivity index (χ4n) is 3.82. The summed E-state index contributed by atoms with van der Waals surface area (Å²) in [6, 6.07) is 4.42. The maximum atomic E-state index is 15.0. The van der Waals surface area contributed by atoms with Gasteiger partial charge in [-0.2, -0.15) is 4.37 Å². The number of methoxy groups -OCH3 is 1. The van der Waals surface area contributed by atoms with Crippen molar-refractivity contribution in [1.82, 2.24) is 23.9 Å². The minimum Gasteiger partial charge on any atom is -0.495 e. The molecule has 0 saturated carbocycles. The number of hydrogen-bond acceptors (Lipinski definition) is 10. The highest BCUT2D eigenvalue weighted by Crippen LogP contribution is 2.29. The molecule has 1 aliphatic rings. The number of ether oxygens (including phenoxy) is 1. The third-order valence-corrected chi connectivity index (χ3v) is 6.39. The van der Waals surface area contributed by atoms with Crippen molar-refractivity contribution in [2.75, 3.05) is 25.1 Å². The number of carbonyl (C=O) groups excluding carboxylic acids is 1. The summed E-state index contributed by atoms with van der Waals surface area (Å²) in [5.74, 6) is -2.03. The third-order valence-electron chi connectivity index (χ3n) is 5.72. The first-order chi connectivity index (χ1) is 16.9. The Morgan fingerprint density at radius 1 is 1.29 bits per heavy atom. The van der Waals surface area contributed by atoms with E-state index in [1.807, 2.05) is 0 Å². The molecule has 0 unspecified atom stereocenters. The fraction of sp³-hybridized carbons (Fsp3) is 0.227. The molecule has 1 saturated heterocycles. The summed E-state index contributed by atoms with van der Waals surface area (Å²) in [4.78, 5) is 51.0. The minimum atomic E-state index is -1.45. The van der Waals surface area contributed by atoms with E-state index in [1.54, 1.807) is 17.0 Å². The molecule has 5 heterocycles. The number of halogens is 1. The van der Waals surface area contributed by atoms with Gasteiger partial charge in [-0.25, -0.2) is 19.2 Å². The lowest BCUT2D eigenvalue weighted by Crippen LogP contribution is -2.51. The second kappa shape index (κ2) is 8.83. The Hall–Kier alpha value is -4.26. The maximum Gasteiger partial charge on any atom is 0.341 e. The molecule has 0 bridgehead atoms. The van der Waals surface area contributed by atoms with E-state index in [2.05, 4.69) is 19.3 Å². The zero-order chi connectivity index (χ0) is 24.7. The van der Waals surface area contributed by atoms with Crippen LogP contribution < -0.4 is 15.1 Å². The summed E-state index contributed by atoms with van der Waals surface area (Å²) in [5, 5.41) is 9.48. The van der Waals surface area contributed by atoms with Gasteiger partial charge >= 0.3 is 5.97 Å². The van der Waals surface area contributed by atoms with Gasteiger partial charge in [0.2, 0.25) is 10.6 Å². The predicted octanol–water partition coefficient (Wildman–Crippen LogP) is 1.73. The minimum absolute atomic E-state index is 0.0306. The van der Waals surface area contributed by atoms with Gasteiger partial charge in [0.1, 0.15) is 23.4 Å². The zero-order valence-electron chi connectivity index (χ0n) is 18.2. The van der Waals surface area contributed by atoms with Crippen LogP contribution in [0.25, 0.3) is 16.2 Å². The van der Waals surface area contributed by atoms with E-state index in [-0.39, 0.29) is 53.2 Å². The molecule has 178 valence electrons. The zero-order valence-corrected chi connectivity index (χ0v) is 19.0. The Labute approximate surface area is 200 Å². The molecule has 0 amide bonds. The van der Waals surface area contributed by atoms with Crippen molar-refractivity contribution in [1.29, 1.82) is 0 Å². The summed E-state index contributed by atoms with van der Waals surface area (Å²) in [6.07, 6.45) is 4.06. The van der Waals surface area contributed by atoms with Crippen molar-refractivity contribution in [2.24, 2.45) is 5.92 Å². The van der Waals surface area contributed by atoms with Gasteiger partial charge in [-0.05, 0) is 18.2 Å². The highest BCUT2D eigenvalue weighted by molar-refractivity contribution is 7.08. The normalized spacial score (nSPS) is 13.6. The van der Waals surface area contributed by atoms with Crippen LogP contribution in [0.5, 0.6) is 5.75 Å². The quantitative estimate of drug-likeness (QED) is 0.402. The maximum absolute atomic E-state index is 15.0. The Kier molecular flexibility index (Phi) is 5.68. The second-order valence-corrected chi connectivity index (χ2v) is 8.63. The van der Waals surface area contributed by atoms with E-state index < -0.39 is 22.8 Å². The first-order valence-corrected chi connectivity index (χ1v) is 11.2. The molecule has 1 aliphatic heterocycles. The van der Waals surface area contributed by atoms with Crippen molar-refractivity contribution in [2.45, 2.75) is 6.42 Å². The average Bonchev–Trinajstić information content (AvgIpc) is 3.34. The van der Waals surface area contributed by atoms with Crippen LogP contribution in [0.1, 0.15) is 16.1 Å². The highest BCUT2D eigenvalue weighted by Gasteiger charge is 2.35. The lowest BCUT2D eigenvalue weighted by atomic mass is 9.92. The van der Waals surface area contributed by atoms with Gasteiger partial charge < -0.3 is 14.7 Å². The highest BCUT2D eigenvalue weighted by atomic mass is 32.1. The van der Waals surface area contributed by atoms with E-state index in [9.17, 15) is 23.9 Å². The third kappa shape index (κ3) is 4.10. The number of nitrogens with zero attached hydrogens (tertiary/aromatic N) is 6. The van der Waals surface area contributed by atoms with E-state index in [0.717, 1.165) is 23.8 Å². The van der Waals surface area contributed by atoms with Crippen molar-refractivity contribution >= 4 is 40.1 Å². The second-order valence-electron chi connectivity index (χ2n) is 7.87. The van der Waals surface area contributed by atoms with E-state index >= 15 is 0 Å². The molecule has 4 aromatic rings. The SMILES string of the molecule is COc1ccc(CC(=O)C2CN(c3nc4c(cc3F)c(=O)c(C(=O)O)cn4-c3ncns3)C2)nc1. The molecule has 35 heavy (non-hydrogen) atoms. The lowest BCUT2D eigenvalue weighted by molar-refractivity contribution is -0.123. The molecular weight excluding hydrogens is 479 g/mol. The largest absolute Gasteiger partial charge is 0.495 e. The van der Waals surface area contributed by atoms with E-state index in [4.69, 9.17) is 4.74 Å². The number of fused-ring (bicyclic) bond motifs is 1. The van der Waals surface area contributed by atoms with Crippen LogP contribution in [0.2, 0.25) is 0 Å². The van der Waals surface area contributed by atoms with Gasteiger partial charge in [-0.3, -0.25) is 19.1 Å². The number of aromatic carboxylic acids is 1. The van der Waals surface area contributed by atoms with Gasteiger partial charge in [0, 0.05) is 42.9 Å². The number of carboxylic acids is 1. The first-order valence-electron chi connectivity index (χ1n) is 10.4. The van der Waals surface area contributed by atoms with Crippen molar-refractivity contribution in [3.05, 3.63) is 64.2 Å². The number of aromatic nitrogens is 5. The number of carboxylic acid groups (broad SMARTS) is 1. The number of anilines is 1. The smallest absolute Gasteiger partial charge is 0.341 e. The summed E-state index contributed by atoms with van der Waals surface area (Å²) < 4.78 is 25.3. The van der Waals surface area contributed by atoms with Crippen LogP contribution in [0.15, 0.2) is 41.7 Å². The first kappa shape index (κ1) is 22.5. The monoisotopic (exact) mass is 496 g/mol. The standard InChI is InChI=1S/C22H17FN6O5S/c1-34-13-3-2-12(24-6-13)4-17(30)11-7-28(8-11)20-16(23)5-14-18(31)15(21(32)33)9-29(19(14)27-20)22-25-10-26-35-22/h2-3,5-6,9-11H,4,7-8H2,1H3,(H,32,33). The molecule has 1 fully saturated rings. The molecule has 11 nitrogen and oxygen atoms in total. The predicted molar refractivity (Wildman–Crippen MR) is 123 cm³/mol. The summed E-state index contributed by atoms with van der Waals surface area (Å²) in [6.45, 7) is 0.501. The number of carbonyl (C=O) groups is 2. The molecule has 5 rings (SSSR count). The van der Waals surface area contributed by atoms with Crippen LogP contribution in [-0.4, -0.2) is 61.0 Å². The van der Waals surface area contributed by atoms with Crippen molar-refractivity contribution in [3.63, 3.8) is 0 Å². The summed E-state index contributed by atoms with van der Waals surface area (Å²) in [5.41, 5.74) is -0.733. The molecule has 4 aromatic heterocycles. The number of pyridine rings is 3. The van der Waals surface area contributed by atoms with Crippen LogP contribution >= 0.6 is 11.5 Å². The van der Waals surface area contributed by atoms with Gasteiger partial charge in [0.15, 0.2) is 17.3 Å². The number of ketones is 1. The Morgan fingerprint density at radius 3 is 2.71 bits per heavy atom. The molecule has 0 aromatic carbocycles. The van der Waals surface area contributed by atoms with Crippen LogP contribution in [0, 0.1) is 11.7 Å². The lowest BCUT2D eigenvalue weighted by Gasteiger charge is -2.39. The van der Waals surface area contributed by atoms with Gasteiger partial charge in [0.25, 0.3) is 0 Å². The molecule has 0 spiro atoms. The fourth-order valence-corrected chi connectivity index (χ4v) is 4.33. The Balaban J connectivity index is 1.42. The van der Waals surface area contributed by atoms with Crippen LogP contribution in [0.4, 0.5) is 10.2 Å². The molecule has 13 heteroatoms. The number of Topliss-reactive ketones (excluding diaryl/α,β-unsaturated/α-hetero) is 1. The summed E-state index contributed by atoms with van der Waals surface area (Å²) in [7, 11) is 1.53. The van der Waals surface area contributed by atoms with Crippen LogP contribution in [-0.2, 0) is 11.2 Å². The molecule has 0 radical (unpaired) electrons. The molecule has 0 atom stereocenters.